The van der Waals surface area contributed by atoms with Crippen LogP contribution in [0.3, 0.4) is 0 Å². The topological polar surface area (TPSA) is 57.2 Å². The predicted molar refractivity (Wildman–Crippen MR) is 176 cm³/mol. The van der Waals surface area contributed by atoms with Crippen molar-refractivity contribution in [3.05, 3.63) is 107 Å². The molecule has 0 bridgehead atoms. The van der Waals surface area contributed by atoms with Gasteiger partial charge in [-0.1, -0.05) is 61.5 Å². The number of aliphatic imine (C=N–C) groups is 1. The number of rotatable bonds is 8. The monoisotopic (exact) mass is 621 g/mol. The van der Waals surface area contributed by atoms with Gasteiger partial charge in [0.25, 0.3) is 0 Å². The highest BCUT2D eigenvalue weighted by Crippen LogP contribution is 2.32. The lowest BCUT2D eigenvalue weighted by Gasteiger charge is -2.15. The van der Waals surface area contributed by atoms with E-state index in [-0.39, 0.29) is 12.4 Å². The Morgan fingerprint density at radius 1 is 0.870 bits per heavy atom. The number of fused-ring (bicyclic) bond motifs is 2. The van der Waals surface area contributed by atoms with Crippen molar-refractivity contribution in [1.82, 2.24) is 19.1 Å². The molecule has 0 saturated heterocycles. The number of benzene rings is 4. The van der Waals surface area contributed by atoms with Gasteiger partial charge in [-0.2, -0.15) is 13.2 Å². The van der Waals surface area contributed by atoms with Gasteiger partial charge in [0.1, 0.15) is 17.8 Å². The highest BCUT2D eigenvalue weighted by atomic mass is 19.4. The van der Waals surface area contributed by atoms with Gasteiger partial charge in [0.15, 0.2) is 0 Å². The summed E-state index contributed by atoms with van der Waals surface area (Å²) in [6.45, 7) is 4.92. The number of para-hydroxylation sites is 2. The van der Waals surface area contributed by atoms with Crippen LogP contribution in [0.25, 0.3) is 44.6 Å². The summed E-state index contributed by atoms with van der Waals surface area (Å²) < 4.78 is 48.9. The Hall–Kier alpha value is -4.92. The lowest BCUT2D eigenvalue weighted by atomic mass is 9.98. The first-order valence-electron chi connectivity index (χ1n) is 15.6. The molecule has 9 heteroatoms. The zero-order valence-corrected chi connectivity index (χ0v) is 26.0. The molecule has 0 aliphatic carbocycles. The summed E-state index contributed by atoms with van der Waals surface area (Å²) in [6, 6.07) is 28.4. The van der Waals surface area contributed by atoms with Crippen molar-refractivity contribution in [2.45, 2.75) is 51.9 Å². The molecule has 0 N–H and O–H groups in total. The van der Waals surface area contributed by atoms with Gasteiger partial charge in [-0.25, -0.2) is 15.0 Å². The van der Waals surface area contributed by atoms with Crippen molar-refractivity contribution in [1.29, 1.82) is 0 Å². The van der Waals surface area contributed by atoms with Crippen molar-refractivity contribution < 1.29 is 17.9 Å². The van der Waals surface area contributed by atoms with Crippen LogP contribution < -0.4 is 0 Å². The molecule has 6 nitrogen and oxygen atoms in total. The fraction of sp³-hybridized carbons (Fsp3) is 0.270. The summed E-state index contributed by atoms with van der Waals surface area (Å²) in [4.78, 5) is 14.3. The van der Waals surface area contributed by atoms with E-state index in [2.05, 4.69) is 65.4 Å². The number of aryl methyl sites for hydroxylation is 3. The van der Waals surface area contributed by atoms with Gasteiger partial charge in [-0.3, -0.25) is 0 Å². The van der Waals surface area contributed by atoms with E-state index in [4.69, 9.17) is 14.7 Å². The molecule has 0 amide bonds. The molecule has 1 aliphatic heterocycles. The average Bonchev–Trinajstić information content (AvgIpc) is 3.73. The Balaban J connectivity index is 1.20. The molecule has 0 radical (unpaired) electrons. The van der Waals surface area contributed by atoms with Crippen molar-refractivity contribution >= 4 is 28.0 Å². The summed E-state index contributed by atoms with van der Waals surface area (Å²) >= 11 is 0. The van der Waals surface area contributed by atoms with Crippen LogP contribution in [0.15, 0.2) is 89.9 Å². The van der Waals surface area contributed by atoms with E-state index in [1.54, 1.807) is 0 Å². The van der Waals surface area contributed by atoms with Crippen LogP contribution in [0.1, 0.15) is 42.3 Å². The smallest absolute Gasteiger partial charge is 0.392 e. The second kappa shape index (κ2) is 11.8. The summed E-state index contributed by atoms with van der Waals surface area (Å²) in [7, 11) is 2.05. The van der Waals surface area contributed by atoms with Crippen LogP contribution in [0.4, 0.5) is 13.2 Å². The number of imidazole rings is 2. The summed E-state index contributed by atoms with van der Waals surface area (Å²) in [5.74, 6) is 2.22. The molecule has 1 aliphatic rings. The van der Waals surface area contributed by atoms with Crippen LogP contribution in [-0.4, -0.2) is 43.8 Å². The third kappa shape index (κ3) is 5.66. The van der Waals surface area contributed by atoms with E-state index in [1.165, 1.54) is 0 Å². The minimum atomic E-state index is -4.30. The highest BCUT2D eigenvalue weighted by Gasteiger charge is 2.36. The highest BCUT2D eigenvalue weighted by molar-refractivity contribution is 6.01. The Bertz CT molecular complexity index is 2090. The molecular formula is C37H34F3N5O. The maximum absolute atomic E-state index is 12.9. The number of halogens is 3. The van der Waals surface area contributed by atoms with Crippen molar-refractivity contribution in [3.8, 4) is 22.5 Å². The second-order valence-electron chi connectivity index (χ2n) is 12.0. The predicted octanol–water partition coefficient (Wildman–Crippen LogP) is 8.66. The zero-order valence-electron chi connectivity index (χ0n) is 26.0. The number of alkyl halides is 3. The van der Waals surface area contributed by atoms with Gasteiger partial charge in [0, 0.05) is 31.1 Å². The first-order valence-corrected chi connectivity index (χ1v) is 15.6. The molecule has 4 aromatic carbocycles. The van der Waals surface area contributed by atoms with Crippen LogP contribution in [0.2, 0.25) is 0 Å². The third-order valence-corrected chi connectivity index (χ3v) is 8.58. The standard InChI is InChI=1S/C37H34F3N5O/c1-4-9-33-43-34-23(2)18-26(35-42-30-12-7-8-13-31(30)44(35)3)19-32(34)45(33)22-24-14-16-25(17-15-24)28-10-5-6-11-29(28)36-41-21-27(46-36)20-37(38,39)40/h5-8,10-19,27H,4,9,20-22H2,1-3H3. The number of nitrogens with zero attached hydrogens (tertiary/aromatic N) is 5. The minimum Gasteiger partial charge on any atom is -0.472 e. The lowest BCUT2D eigenvalue weighted by Crippen LogP contribution is -2.22. The fourth-order valence-electron chi connectivity index (χ4n) is 6.39. The van der Waals surface area contributed by atoms with E-state index >= 15 is 0 Å². The molecule has 46 heavy (non-hydrogen) atoms. The SMILES string of the molecule is CCCc1nc2c(C)cc(-c3nc4ccccc4n3C)cc2n1Cc1ccc(-c2ccccc2C2=NCC(CC(F)(F)F)O2)cc1. The number of hydrogen-bond donors (Lipinski definition) is 0. The summed E-state index contributed by atoms with van der Waals surface area (Å²) in [5.41, 5.74) is 9.89. The van der Waals surface area contributed by atoms with E-state index < -0.39 is 18.7 Å². The molecule has 1 atom stereocenters. The Kier molecular flexibility index (Phi) is 7.63. The first kappa shape index (κ1) is 29.8. The van der Waals surface area contributed by atoms with E-state index in [9.17, 15) is 13.2 Å². The van der Waals surface area contributed by atoms with Gasteiger partial charge < -0.3 is 13.9 Å². The third-order valence-electron chi connectivity index (χ3n) is 8.58. The number of hydrogen-bond acceptors (Lipinski definition) is 4. The van der Waals surface area contributed by atoms with Crippen LogP contribution >= 0.6 is 0 Å². The van der Waals surface area contributed by atoms with Gasteiger partial charge in [0.2, 0.25) is 5.90 Å². The molecule has 0 saturated carbocycles. The molecule has 1 unspecified atom stereocenters. The Labute approximate surface area is 265 Å². The Morgan fingerprint density at radius 2 is 1.61 bits per heavy atom. The number of aromatic nitrogens is 4. The molecular weight excluding hydrogens is 587 g/mol. The van der Waals surface area contributed by atoms with Gasteiger partial charge in [-0.15, -0.1) is 0 Å². The molecule has 0 fully saturated rings. The van der Waals surface area contributed by atoms with Crippen LogP contribution in [-0.2, 0) is 24.8 Å². The van der Waals surface area contributed by atoms with Gasteiger partial charge >= 0.3 is 6.18 Å². The van der Waals surface area contributed by atoms with Crippen molar-refractivity contribution in [2.24, 2.45) is 12.0 Å². The summed E-state index contributed by atoms with van der Waals surface area (Å²) in [5, 5.41) is 0. The molecule has 2 aromatic heterocycles. The summed E-state index contributed by atoms with van der Waals surface area (Å²) in [6.07, 6.45) is -4.47. The molecule has 234 valence electrons. The van der Waals surface area contributed by atoms with E-state index in [1.807, 2.05) is 54.6 Å². The first-order chi connectivity index (χ1) is 22.2. The maximum atomic E-state index is 12.9. The zero-order chi connectivity index (χ0) is 32.0. The molecule has 6 aromatic rings. The van der Waals surface area contributed by atoms with Crippen molar-refractivity contribution in [2.75, 3.05) is 6.54 Å². The van der Waals surface area contributed by atoms with Crippen LogP contribution in [0.5, 0.6) is 0 Å². The van der Waals surface area contributed by atoms with Gasteiger partial charge in [0.05, 0.1) is 35.0 Å². The fourth-order valence-corrected chi connectivity index (χ4v) is 6.39. The molecule has 3 heterocycles. The largest absolute Gasteiger partial charge is 0.472 e. The minimum absolute atomic E-state index is 0.00116. The van der Waals surface area contributed by atoms with E-state index in [0.717, 1.165) is 74.4 Å². The normalized spacial score (nSPS) is 15.1. The average molecular weight is 622 g/mol. The van der Waals surface area contributed by atoms with Crippen molar-refractivity contribution in [3.63, 3.8) is 0 Å². The van der Waals surface area contributed by atoms with E-state index in [0.29, 0.717) is 12.1 Å². The molecule has 7 rings (SSSR count). The van der Waals surface area contributed by atoms with Gasteiger partial charge in [-0.05, 0) is 65.9 Å². The lowest BCUT2D eigenvalue weighted by molar-refractivity contribution is -0.149. The quantitative estimate of drug-likeness (QED) is 0.171. The molecule has 0 spiro atoms. The second-order valence-corrected chi connectivity index (χ2v) is 12.0. The Morgan fingerprint density at radius 3 is 2.35 bits per heavy atom. The number of ether oxygens (including phenoxy) is 1. The maximum Gasteiger partial charge on any atom is 0.392 e. The van der Waals surface area contributed by atoms with Crippen LogP contribution in [0, 0.1) is 6.92 Å².